The van der Waals surface area contributed by atoms with E-state index >= 15 is 0 Å². The first-order chi connectivity index (χ1) is 15.3. The molecule has 0 aliphatic heterocycles. The van der Waals surface area contributed by atoms with E-state index in [1.807, 2.05) is 39.1 Å². The smallest absolute Gasteiger partial charge is 0.423 e. The number of nitrogens with one attached hydrogen (secondary N) is 1. The fraction of sp³-hybridized carbons (Fsp3) is 0.174. The second-order valence-electron chi connectivity index (χ2n) is 7.80. The molecule has 0 atom stereocenters. The number of pyridine rings is 1. The molecule has 0 bridgehead atoms. The van der Waals surface area contributed by atoms with Crippen LogP contribution in [0.3, 0.4) is 0 Å². The van der Waals surface area contributed by atoms with Crippen LogP contribution < -0.4 is 16.5 Å². The molecule has 0 spiro atoms. The highest BCUT2D eigenvalue weighted by molar-refractivity contribution is 6.58. The number of hydrogen-bond acceptors (Lipinski definition) is 6. The van der Waals surface area contributed by atoms with Crippen LogP contribution in [0.5, 0.6) is 0 Å². The van der Waals surface area contributed by atoms with Gasteiger partial charge in [-0.25, -0.2) is 9.97 Å². The van der Waals surface area contributed by atoms with E-state index in [0.29, 0.717) is 29.3 Å². The largest absolute Gasteiger partial charge is 0.488 e. The SMILES string of the molecule is Cc1cn2c(C(N)=O)cccc2c1-c1nc(C)c(C)c(NCc2cccc(B(O)O)c2)n1. The number of aromatic nitrogens is 3. The standard InChI is InChI=1S/C23H24BN5O3/c1-13-12-29-18(8-5-9-19(29)21(25)30)20(13)23-27-15(3)14(2)22(28-23)26-11-16-6-4-7-17(10-16)24(31)32/h4-10,12,31-32H,11H2,1-3H3,(H2,25,30)(H,26,27,28). The molecule has 0 saturated heterocycles. The number of fused-ring (bicyclic) bond motifs is 1. The van der Waals surface area contributed by atoms with Crippen molar-refractivity contribution >= 4 is 29.8 Å². The van der Waals surface area contributed by atoms with Crippen molar-refractivity contribution in [2.24, 2.45) is 5.73 Å². The molecule has 8 nitrogen and oxygen atoms in total. The molecule has 0 fully saturated rings. The molecule has 9 heteroatoms. The molecule has 4 rings (SSSR count). The molecule has 162 valence electrons. The van der Waals surface area contributed by atoms with Crippen molar-refractivity contribution in [1.29, 1.82) is 0 Å². The lowest BCUT2D eigenvalue weighted by atomic mass is 9.79. The van der Waals surface area contributed by atoms with Gasteiger partial charge in [0.1, 0.15) is 11.5 Å². The summed E-state index contributed by atoms with van der Waals surface area (Å²) in [6.07, 6.45) is 1.86. The number of aryl methyl sites for hydroxylation is 2. The Hall–Kier alpha value is -3.69. The maximum Gasteiger partial charge on any atom is 0.488 e. The lowest BCUT2D eigenvalue weighted by Crippen LogP contribution is -2.30. The summed E-state index contributed by atoms with van der Waals surface area (Å²) in [5.41, 5.74) is 11.6. The van der Waals surface area contributed by atoms with Crippen molar-refractivity contribution in [3.8, 4) is 11.4 Å². The summed E-state index contributed by atoms with van der Waals surface area (Å²) in [4.78, 5) is 21.3. The Bertz CT molecular complexity index is 1330. The molecule has 1 aromatic carbocycles. The van der Waals surface area contributed by atoms with Crippen molar-refractivity contribution in [2.45, 2.75) is 27.3 Å². The van der Waals surface area contributed by atoms with Crippen LogP contribution in [0, 0.1) is 20.8 Å². The summed E-state index contributed by atoms with van der Waals surface area (Å²) in [7, 11) is -1.51. The number of benzene rings is 1. The number of nitrogens with zero attached hydrogens (tertiary/aromatic N) is 3. The number of nitrogens with two attached hydrogens (primary N) is 1. The van der Waals surface area contributed by atoms with E-state index in [1.165, 1.54) is 0 Å². The minimum Gasteiger partial charge on any atom is -0.423 e. The van der Waals surface area contributed by atoms with Crippen LogP contribution in [0.4, 0.5) is 5.82 Å². The molecule has 0 aliphatic carbocycles. The molecule has 0 unspecified atom stereocenters. The topological polar surface area (TPSA) is 126 Å². The van der Waals surface area contributed by atoms with Crippen molar-refractivity contribution in [3.63, 3.8) is 0 Å². The number of carbonyl (C=O) groups is 1. The fourth-order valence-electron chi connectivity index (χ4n) is 3.78. The maximum absolute atomic E-state index is 11.8. The second kappa shape index (κ2) is 8.45. The fourth-order valence-corrected chi connectivity index (χ4v) is 3.78. The van der Waals surface area contributed by atoms with Gasteiger partial charge in [-0.2, -0.15) is 0 Å². The summed E-state index contributed by atoms with van der Waals surface area (Å²) in [5.74, 6) is 0.736. The summed E-state index contributed by atoms with van der Waals surface area (Å²) in [6, 6.07) is 12.5. The van der Waals surface area contributed by atoms with E-state index < -0.39 is 13.0 Å². The van der Waals surface area contributed by atoms with Crippen LogP contribution in [0.2, 0.25) is 0 Å². The minimum absolute atomic E-state index is 0.394. The summed E-state index contributed by atoms with van der Waals surface area (Å²) in [6.45, 7) is 6.28. The van der Waals surface area contributed by atoms with Gasteiger partial charge in [-0.05, 0) is 49.5 Å². The van der Waals surface area contributed by atoms with Crippen LogP contribution in [0.15, 0.2) is 48.7 Å². The molecule has 0 saturated carbocycles. The lowest BCUT2D eigenvalue weighted by Gasteiger charge is -2.13. The second-order valence-corrected chi connectivity index (χ2v) is 7.80. The van der Waals surface area contributed by atoms with Crippen LogP contribution in [0.1, 0.15) is 32.9 Å². The number of carbonyl (C=O) groups excluding carboxylic acids is 1. The van der Waals surface area contributed by atoms with Crippen LogP contribution in [-0.4, -0.2) is 37.4 Å². The van der Waals surface area contributed by atoms with E-state index in [1.54, 1.807) is 34.7 Å². The Balaban J connectivity index is 1.74. The van der Waals surface area contributed by atoms with Crippen molar-refractivity contribution in [2.75, 3.05) is 5.32 Å². The molecule has 4 aromatic rings. The van der Waals surface area contributed by atoms with Gasteiger partial charge in [0.05, 0.1) is 5.52 Å². The van der Waals surface area contributed by atoms with Gasteiger partial charge in [-0.3, -0.25) is 4.79 Å². The van der Waals surface area contributed by atoms with Crippen molar-refractivity contribution in [1.82, 2.24) is 14.4 Å². The van der Waals surface area contributed by atoms with Gasteiger partial charge < -0.3 is 25.5 Å². The molecule has 1 amide bonds. The van der Waals surface area contributed by atoms with E-state index in [2.05, 4.69) is 5.32 Å². The monoisotopic (exact) mass is 429 g/mol. The predicted molar refractivity (Wildman–Crippen MR) is 125 cm³/mol. The van der Waals surface area contributed by atoms with Gasteiger partial charge in [0.15, 0.2) is 5.82 Å². The molecule has 5 N–H and O–H groups in total. The third-order valence-corrected chi connectivity index (χ3v) is 5.57. The molecular formula is C23H24BN5O3. The zero-order valence-electron chi connectivity index (χ0n) is 18.1. The first-order valence-corrected chi connectivity index (χ1v) is 10.2. The zero-order valence-corrected chi connectivity index (χ0v) is 18.1. The summed E-state index contributed by atoms with van der Waals surface area (Å²) < 4.78 is 1.77. The highest BCUT2D eigenvalue weighted by Crippen LogP contribution is 2.30. The molecule has 3 aromatic heterocycles. The van der Waals surface area contributed by atoms with Gasteiger partial charge >= 0.3 is 7.12 Å². The van der Waals surface area contributed by atoms with Gasteiger partial charge in [0.2, 0.25) is 0 Å². The zero-order chi connectivity index (χ0) is 23.0. The van der Waals surface area contributed by atoms with E-state index in [9.17, 15) is 14.8 Å². The number of amides is 1. The van der Waals surface area contributed by atoms with Crippen LogP contribution in [0.25, 0.3) is 16.9 Å². The molecule has 3 heterocycles. The van der Waals surface area contributed by atoms with E-state index in [-0.39, 0.29) is 0 Å². The van der Waals surface area contributed by atoms with E-state index in [0.717, 1.165) is 33.5 Å². The Kier molecular flexibility index (Phi) is 5.69. The number of anilines is 1. The number of hydrogen-bond donors (Lipinski definition) is 4. The van der Waals surface area contributed by atoms with Crippen molar-refractivity contribution in [3.05, 3.63) is 76.7 Å². The van der Waals surface area contributed by atoms with Gasteiger partial charge in [-0.15, -0.1) is 0 Å². The van der Waals surface area contributed by atoms with E-state index in [4.69, 9.17) is 15.7 Å². The van der Waals surface area contributed by atoms with Crippen LogP contribution in [-0.2, 0) is 6.54 Å². The number of rotatable bonds is 6. The first-order valence-electron chi connectivity index (χ1n) is 10.2. The van der Waals surface area contributed by atoms with Gasteiger partial charge in [0.25, 0.3) is 5.91 Å². The average Bonchev–Trinajstić information content (AvgIpc) is 3.10. The lowest BCUT2D eigenvalue weighted by molar-refractivity contribution is 0.0994. The van der Waals surface area contributed by atoms with Crippen LogP contribution >= 0.6 is 0 Å². The first kappa shape index (κ1) is 21.5. The highest BCUT2D eigenvalue weighted by Gasteiger charge is 2.18. The number of primary amides is 1. The van der Waals surface area contributed by atoms with Crippen molar-refractivity contribution < 1.29 is 14.8 Å². The van der Waals surface area contributed by atoms with Gasteiger partial charge in [0, 0.05) is 29.6 Å². The maximum atomic E-state index is 11.8. The molecule has 32 heavy (non-hydrogen) atoms. The molecule has 0 aliphatic rings. The summed E-state index contributed by atoms with van der Waals surface area (Å²) in [5, 5.41) is 22.2. The third kappa shape index (κ3) is 3.95. The molecule has 0 radical (unpaired) electrons. The summed E-state index contributed by atoms with van der Waals surface area (Å²) >= 11 is 0. The Morgan fingerprint density at radius 2 is 1.88 bits per heavy atom. The Morgan fingerprint density at radius 1 is 1.12 bits per heavy atom. The Labute approximate surface area is 185 Å². The third-order valence-electron chi connectivity index (χ3n) is 5.57. The molecular weight excluding hydrogens is 405 g/mol. The quantitative estimate of drug-likeness (QED) is 0.346. The predicted octanol–water partition coefficient (Wildman–Crippen LogP) is 1.71. The Morgan fingerprint density at radius 3 is 2.59 bits per heavy atom. The minimum atomic E-state index is -1.51. The van der Waals surface area contributed by atoms with Gasteiger partial charge in [-0.1, -0.05) is 30.3 Å². The normalized spacial score (nSPS) is 11.0. The highest BCUT2D eigenvalue weighted by atomic mass is 16.4. The average molecular weight is 429 g/mol.